The monoisotopic (exact) mass is 366 g/mol. The SMILES string of the molecule is [C-]#[N+]c1c(C)ccc(-c2ccccc2OS(=O)(=O)C(F)(F)F)c1[N+]#[C-]. The van der Waals surface area contributed by atoms with Gasteiger partial charge in [-0.15, -0.1) is 0 Å². The number of aryl methyl sites for hydroxylation is 1. The van der Waals surface area contributed by atoms with Crippen LogP contribution >= 0.6 is 0 Å². The van der Waals surface area contributed by atoms with E-state index in [-0.39, 0.29) is 22.5 Å². The third-order valence-corrected chi connectivity index (χ3v) is 4.20. The van der Waals surface area contributed by atoms with E-state index in [1.165, 1.54) is 30.3 Å². The van der Waals surface area contributed by atoms with Gasteiger partial charge in [-0.2, -0.15) is 21.6 Å². The first-order valence-electron chi connectivity index (χ1n) is 6.61. The molecular formula is C16H9F3N2O3S. The first-order valence-corrected chi connectivity index (χ1v) is 8.02. The minimum absolute atomic E-state index is 0.0359. The maximum absolute atomic E-state index is 12.6. The standard InChI is InChI=1S/C16H9F3N2O3S/c1-10-8-9-12(15(21-3)14(10)20-2)11-6-4-5-7-13(11)24-25(22,23)16(17,18)19/h4-9H,1H3. The molecule has 0 amide bonds. The van der Waals surface area contributed by atoms with E-state index in [4.69, 9.17) is 13.1 Å². The number of benzene rings is 2. The number of hydrogen-bond acceptors (Lipinski definition) is 3. The molecule has 0 unspecified atom stereocenters. The van der Waals surface area contributed by atoms with Gasteiger partial charge in [0.05, 0.1) is 13.1 Å². The number of hydrogen-bond donors (Lipinski definition) is 0. The Morgan fingerprint density at radius 2 is 1.56 bits per heavy atom. The maximum Gasteiger partial charge on any atom is 0.534 e. The van der Waals surface area contributed by atoms with E-state index in [9.17, 15) is 21.6 Å². The largest absolute Gasteiger partial charge is 0.534 e. The average molecular weight is 366 g/mol. The fraction of sp³-hybridized carbons (Fsp3) is 0.125. The lowest BCUT2D eigenvalue weighted by Gasteiger charge is -2.15. The maximum atomic E-state index is 12.6. The van der Waals surface area contributed by atoms with Crippen molar-refractivity contribution in [1.82, 2.24) is 0 Å². The molecule has 25 heavy (non-hydrogen) atoms. The normalized spacial score (nSPS) is 11.4. The van der Waals surface area contributed by atoms with Crippen molar-refractivity contribution in [2.24, 2.45) is 0 Å². The zero-order valence-electron chi connectivity index (χ0n) is 12.6. The second kappa shape index (κ2) is 6.46. The summed E-state index contributed by atoms with van der Waals surface area (Å²) in [5, 5.41) is 0. The van der Waals surface area contributed by atoms with Crippen molar-refractivity contribution in [2.45, 2.75) is 12.4 Å². The van der Waals surface area contributed by atoms with Crippen molar-refractivity contribution >= 4 is 21.5 Å². The molecule has 0 fully saturated rings. The van der Waals surface area contributed by atoms with Crippen molar-refractivity contribution < 1.29 is 25.8 Å². The Hall–Kier alpha value is -3.04. The summed E-state index contributed by atoms with van der Waals surface area (Å²) in [5.74, 6) is -0.579. The van der Waals surface area contributed by atoms with Gasteiger partial charge in [-0.3, -0.25) is 0 Å². The molecule has 2 rings (SSSR count). The molecule has 9 heteroatoms. The highest BCUT2D eigenvalue weighted by atomic mass is 32.2. The smallest absolute Gasteiger partial charge is 0.375 e. The van der Waals surface area contributed by atoms with E-state index in [1.54, 1.807) is 6.92 Å². The summed E-state index contributed by atoms with van der Waals surface area (Å²) >= 11 is 0. The molecule has 0 atom stereocenters. The number of rotatable bonds is 3. The van der Waals surface area contributed by atoms with Crippen LogP contribution < -0.4 is 4.18 Å². The topological polar surface area (TPSA) is 52.1 Å². The molecule has 0 aliphatic heterocycles. The minimum Gasteiger partial charge on any atom is -0.375 e. The lowest BCUT2D eigenvalue weighted by Crippen LogP contribution is -2.28. The number of nitrogens with zero attached hydrogens (tertiary/aromatic N) is 2. The van der Waals surface area contributed by atoms with Crippen LogP contribution in [0.25, 0.3) is 20.8 Å². The van der Waals surface area contributed by atoms with Crippen LogP contribution in [0.4, 0.5) is 24.5 Å². The fourth-order valence-corrected chi connectivity index (χ4v) is 2.56. The quantitative estimate of drug-likeness (QED) is 0.437. The Labute approximate surface area is 142 Å². The van der Waals surface area contributed by atoms with Crippen molar-refractivity contribution in [3.63, 3.8) is 0 Å². The van der Waals surface area contributed by atoms with E-state index in [1.807, 2.05) is 0 Å². The Balaban J connectivity index is 2.70. The highest BCUT2D eigenvalue weighted by Gasteiger charge is 2.48. The number of halogens is 3. The van der Waals surface area contributed by atoms with Crippen LogP contribution in [0, 0.1) is 20.1 Å². The fourth-order valence-electron chi connectivity index (χ4n) is 2.08. The summed E-state index contributed by atoms with van der Waals surface area (Å²) < 4.78 is 64.5. The van der Waals surface area contributed by atoms with Gasteiger partial charge in [0.15, 0.2) is 5.69 Å². The minimum atomic E-state index is -5.86. The summed E-state index contributed by atoms with van der Waals surface area (Å²) in [6, 6.07) is 8.06. The summed E-state index contributed by atoms with van der Waals surface area (Å²) in [4.78, 5) is 6.54. The van der Waals surface area contributed by atoms with Crippen LogP contribution in [-0.4, -0.2) is 13.9 Å². The summed E-state index contributed by atoms with van der Waals surface area (Å²) in [6.07, 6.45) is 0. The second-order valence-corrected chi connectivity index (χ2v) is 6.37. The van der Waals surface area contributed by atoms with Gasteiger partial charge in [0.25, 0.3) is 0 Å². The zero-order valence-corrected chi connectivity index (χ0v) is 13.4. The van der Waals surface area contributed by atoms with Crippen molar-refractivity contribution in [3.05, 3.63) is 64.8 Å². The molecule has 0 aliphatic rings. The van der Waals surface area contributed by atoms with Crippen LogP contribution in [0.2, 0.25) is 0 Å². The lowest BCUT2D eigenvalue weighted by molar-refractivity contribution is -0.0499. The molecule has 0 aliphatic carbocycles. The van der Waals surface area contributed by atoms with Gasteiger partial charge in [-0.25, -0.2) is 9.69 Å². The van der Waals surface area contributed by atoms with Gasteiger partial charge in [-0.1, -0.05) is 42.8 Å². The number of para-hydroxylation sites is 1. The first kappa shape index (κ1) is 18.3. The van der Waals surface area contributed by atoms with Crippen LogP contribution in [0.1, 0.15) is 5.56 Å². The summed E-state index contributed by atoms with van der Waals surface area (Å²) in [6.45, 7) is 16.1. The Kier molecular flexibility index (Phi) is 4.73. The molecular weight excluding hydrogens is 357 g/mol. The molecule has 0 radical (unpaired) electrons. The van der Waals surface area contributed by atoms with Gasteiger partial charge in [-0.05, 0) is 11.6 Å². The molecule has 0 heterocycles. The molecule has 2 aromatic carbocycles. The zero-order chi connectivity index (χ0) is 18.8. The molecule has 128 valence electrons. The van der Waals surface area contributed by atoms with Gasteiger partial charge in [0.2, 0.25) is 5.69 Å². The van der Waals surface area contributed by atoms with E-state index < -0.39 is 21.4 Å². The molecule has 2 aromatic rings. The second-order valence-electron chi connectivity index (χ2n) is 4.83. The lowest BCUT2D eigenvalue weighted by atomic mass is 9.99. The Morgan fingerprint density at radius 3 is 2.12 bits per heavy atom. The Bertz CT molecular complexity index is 1020. The van der Waals surface area contributed by atoms with Gasteiger partial charge in [0, 0.05) is 5.56 Å². The van der Waals surface area contributed by atoms with E-state index >= 15 is 0 Å². The highest BCUT2D eigenvalue weighted by Crippen LogP contribution is 2.44. The van der Waals surface area contributed by atoms with E-state index in [2.05, 4.69) is 13.9 Å². The van der Waals surface area contributed by atoms with Crippen LogP contribution in [0.3, 0.4) is 0 Å². The molecule has 0 bridgehead atoms. The van der Waals surface area contributed by atoms with Gasteiger partial charge >= 0.3 is 15.6 Å². The third kappa shape index (κ3) is 3.42. The van der Waals surface area contributed by atoms with E-state index in [0.29, 0.717) is 5.56 Å². The molecule has 5 nitrogen and oxygen atoms in total. The van der Waals surface area contributed by atoms with Crippen LogP contribution in [-0.2, 0) is 10.1 Å². The van der Waals surface area contributed by atoms with Crippen LogP contribution in [0.5, 0.6) is 5.75 Å². The van der Waals surface area contributed by atoms with Crippen molar-refractivity contribution in [3.8, 4) is 16.9 Å². The van der Waals surface area contributed by atoms with Crippen molar-refractivity contribution in [2.75, 3.05) is 0 Å². The molecule has 0 spiro atoms. The van der Waals surface area contributed by atoms with Crippen molar-refractivity contribution in [1.29, 1.82) is 0 Å². The van der Waals surface area contributed by atoms with Crippen LogP contribution in [0.15, 0.2) is 36.4 Å². The number of alkyl halides is 3. The molecule has 0 aromatic heterocycles. The summed E-state index contributed by atoms with van der Waals surface area (Å²) in [5.41, 5.74) is -5.04. The highest BCUT2D eigenvalue weighted by molar-refractivity contribution is 7.88. The predicted molar refractivity (Wildman–Crippen MR) is 84.7 cm³/mol. The predicted octanol–water partition coefficient (Wildman–Crippen LogP) is 4.99. The third-order valence-electron chi connectivity index (χ3n) is 3.24. The Morgan fingerprint density at radius 1 is 0.960 bits per heavy atom. The first-order chi connectivity index (χ1) is 11.6. The summed E-state index contributed by atoms with van der Waals surface area (Å²) in [7, 11) is -5.86. The molecule has 0 N–H and O–H groups in total. The van der Waals surface area contributed by atoms with E-state index in [0.717, 1.165) is 6.07 Å². The van der Waals surface area contributed by atoms with Gasteiger partial charge < -0.3 is 4.18 Å². The molecule has 0 saturated carbocycles. The molecule has 0 saturated heterocycles. The average Bonchev–Trinajstić information content (AvgIpc) is 2.53. The van der Waals surface area contributed by atoms with Gasteiger partial charge in [0.1, 0.15) is 5.75 Å².